The number of phenols is 1. The van der Waals surface area contributed by atoms with Crippen molar-refractivity contribution >= 4 is 65.1 Å². The monoisotopic (exact) mass is 846 g/mol. The minimum atomic E-state index is -5.11. The van der Waals surface area contributed by atoms with Crippen LogP contribution < -0.4 is 39.6 Å². The van der Waals surface area contributed by atoms with Gasteiger partial charge in [0, 0.05) is 42.5 Å². The molecule has 0 amide bonds. The molecule has 58 heavy (non-hydrogen) atoms. The molecule has 0 aliphatic heterocycles. The van der Waals surface area contributed by atoms with E-state index in [-0.39, 0.29) is 83.0 Å². The first-order chi connectivity index (χ1) is 27.0. The van der Waals surface area contributed by atoms with Crippen LogP contribution in [0.25, 0.3) is 10.8 Å². The maximum Gasteiger partial charge on any atom is 1.00 e. The van der Waals surface area contributed by atoms with Crippen molar-refractivity contribution in [2.24, 2.45) is 20.5 Å². The molecule has 5 aromatic carbocycles. The number of nitrogens with zero attached hydrogens (tertiary/aromatic N) is 5. The first-order valence-corrected chi connectivity index (χ1v) is 20.1. The molecule has 5 aromatic rings. The van der Waals surface area contributed by atoms with E-state index in [1.165, 1.54) is 25.3 Å². The molecule has 304 valence electrons. The number of methoxy groups -OCH3 is 1. The van der Waals surface area contributed by atoms with Crippen LogP contribution in [0.15, 0.2) is 109 Å². The summed E-state index contributed by atoms with van der Waals surface area (Å²) in [5.74, 6) is -0.441. The number of azo groups is 2. The van der Waals surface area contributed by atoms with Gasteiger partial charge in [-0.2, -0.15) is 13.5 Å². The number of nitrogens with one attached hydrogen (secondary N) is 1. The number of anilines is 2. The van der Waals surface area contributed by atoms with E-state index >= 15 is 0 Å². The maximum atomic E-state index is 12.3. The van der Waals surface area contributed by atoms with Crippen molar-refractivity contribution in [2.75, 3.05) is 51.9 Å². The second-order valence-corrected chi connectivity index (χ2v) is 15.3. The Kier molecular flexibility index (Phi) is 17.9. The summed E-state index contributed by atoms with van der Waals surface area (Å²) in [6, 6.07) is 21.1. The fraction of sp³-hybridized carbons (Fsp3) is 0.263. The number of fused-ring (bicyclic) bond motifs is 1. The average molecular weight is 847 g/mol. The number of phenolic OH excluding ortho intramolecular Hbond substituents is 1. The molecule has 0 atom stereocenters. The second kappa shape index (κ2) is 21.6. The third-order valence-electron chi connectivity index (χ3n) is 8.33. The predicted octanol–water partition coefficient (Wildman–Crippen LogP) is 3.47. The van der Waals surface area contributed by atoms with E-state index in [1.807, 2.05) is 30.3 Å². The number of para-hydroxylation sites is 1. The summed E-state index contributed by atoms with van der Waals surface area (Å²) < 4.78 is 75.9. The van der Waals surface area contributed by atoms with E-state index < -0.39 is 41.5 Å². The fourth-order valence-corrected chi connectivity index (χ4v) is 7.06. The number of aliphatic hydroxyl groups is 3. The van der Waals surface area contributed by atoms with E-state index in [4.69, 9.17) is 20.1 Å². The third kappa shape index (κ3) is 12.8. The fourth-order valence-electron chi connectivity index (χ4n) is 5.63. The molecule has 0 aromatic heterocycles. The van der Waals surface area contributed by atoms with Crippen LogP contribution in [-0.4, -0.2) is 97.8 Å². The van der Waals surface area contributed by atoms with Gasteiger partial charge in [-0.25, -0.2) is 8.42 Å². The van der Waals surface area contributed by atoms with E-state index in [0.717, 1.165) is 11.8 Å². The van der Waals surface area contributed by atoms with Gasteiger partial charge in [0.25, 0.3) is 10.1 Å². The predicted molar refractivity (Wildman–Crippen MR) is 213 cm³/mol. The van der Waals surface area contributed by atoms with Gasteiger partial charge in [0.05, 0.1) is 37.5 Å². The molecule has 0 spiro atoms. The molecule has 0 heterocycles. The first kappa shape index (κ1) is 48.0. The summed E-state index contributed by atoms with van der Waals surface area (Å²) in [7, 11) is -8.36. The van der Waals surface area contributed by atoms with Crippen molar-refractivity contribution < 1.29 is 80.7 Å². The largest absolute Gasteiger partial charge is 1.00 e. The Morgan fingerprint density at radius 1 is 0.707 bits per heavy atom. The Labute approximate surface area is 358 Å². The van der Waals surface area contributed by atoms with Crippen LogP contribution in [0.1, 0.15) is 16.7 Å². The zero-order chi connectivity index (χ0) is 41.9. The van der Waals surface area contributed by atoms with Gasteiger partial charge in [-0.3, -0.25) is 9.45 Å². The first-order valence-electron chi connectivity index (χ1n) is 17.2. The summed E-state index contributed by atoms with van der Waals surface area (Å²) in [5.41, 5.74) is 2.71. The summed E-state index contributed by atoms with van der Waals surface area (Å²) in [4.78, 5) is 0.629. The Morgan fingerprint density at radius 3 is 1.88 bits per heavy atom. The number of aryl methyl sites for hydroxylation is 3. The molecule has 0 unspecified atom stereocenters. The number of benzene rings is 5. The Bertz CT molecular complexity index is 2470. The zero-order valence-electron chi connectivity index (χ0n) is 32.5. The van der Waals surface area contributed by atoms with Crippen molar-refractivity contribution in [3.8, 4) is 11.5 Å². The van der Waals surface area contributed by atoms with Crippen LogP contribution in [0.3, 0.4) is 0 Å². The molecule has 0 saturated carbocycles. The van der Waals surface area contributed by atoms with Gasteiger partial charge in [-0.15, -0.1) is 15.3 Å². The third-order valence-corrected chi connectivity index (χ3v) is 10.0. The summed E-state index contributed by atoms with van der Waals surface area (Å²) in [6.45, 7) is 6.72. The summed E-state index contributed by atoms with van der Waals surface area (Å²) >= 11 is 0. The Hall–Kier alpha value is -4.38. The van der Waals surface area contributed by atoms with Gasteiger partial charge in [0.2, 0.25) is 0 Å². The van der Waals surface area contributed by atoms with Crippen LogP contribution >= 0.6 is 0 Å². The average Bonchev–Trinajstić information content (AvgIpc) is 3.14. The maximum absolute atomic E-state index is 12.3. The number of ether oxygens (including phenoxy) is 1. The smallest absolute Gasteiger partial charge is 0.744 e. The minimum absolute atomic E-state index is 0. The standard InChI is InChI=1S/C32H29N5O8S2.C6H15NO3.Na/c1-18-12-20(3)30(28(13-18)46(39,40)41)36-34-25-17-27(45-4)26(14-19(25)2)35-37-31-29(47(42,43)44)16-21-15-23(10-11-24(21)32(31)38)33-22-8-6-5-7-9-22;8-4-1-7(2-5-9)3-6-10;/h5-17,33,38H,1-4H3,(H,39,40,41)(H,42,43,44);8-10H,1-6H2;/q;;+1/p-1. The molecule has 0 radical (unpaired) electrons. The van der Waals surface area contributed by atoms with Gasteiger partial charge < -0.3 is 35.0 Å². The van der Waals surface area contributed by atoms with Crippen molar-refractivity contribution in [1.82, 2.24) is 4.90 Å². The van der Waals surface area contributed by atoms with Crippen LogP contribution in [0.5, 0.6) is 11.5 Å². The van der Waals surface area contributed by atoms with E-state index in [0.29, 0.717) is 42.0 Å². The normalized spacial score (nSPS) is 11.8. The van der Waals surface area contributed by atoms with Crippen LogP contribution in [0.4, 0.5) is 34.1 Å². The Balaban J connectivity index is 0.000000724. The topological polar surface area (TPSA) is 266 Å². The van der Waals surface area contributed by atoms with Crippen molar-refractivity contribution in [1.29, 1.82) is 0 Å². The molecule has 6 N–H and O–H groups in total. The van der Waals surface area contributed by atoms with Crippen LogP contribution in [0, 0.1) is 20.8 Å². The molecule has 5 rings (SSSR count). The number of hydrogen-bond acceptors (Lipinski definition) is 16. The number of rotatable bonds is 15. The van der Waals surface area contributed by atoms with E-state index in [1.54, 1.807) is 49.9 Å². The summed E-state index contributed by atoms with van der Waals surface area (Å²) in [5, 5.41) is 56.5. The molecule has 0 saturated heterocycles. The van der Waals surface area contributed by atoms with Gasteiger partial charge in [-0.05, 0) is 91.4 Å². The molecular weight excluding hydrogens is 804 g/mol. The van der Waals surface area contributed by atoms with Crippen molar-refractivity contribution in [3.05, 3.63) is 95.6 Å². The van der Waals surface area contributed by atoms with Crippen molar-refractivity contribution in [3.63, 3.8) is 0 Å². The van der Waals surface area contributed by atoms with E-state index in [9.17, 15) is 31.0 Å². The molecule has 0 fully saturated rings. The molecule has 0 aliphatic carbocycles. The molecule has 20 heteroatoms. The van der Waals surface area contributed by atoms with Crippen molar-refractivity contribution in [2.45, 2.75) is 30.6 Å². The van der Waals surface area contributed by atoms with Gasteiger partial charge in [0.1, 0.15) is 37.8 Å². The summed E-state index contributed by atoms with van der Waals surface area (Å²) in [6.07, 6.45) is 0. The SMILES string of the molecule is COc1cc(N=Nc2c(C)cc(C)cc2S(=O)(=O)O)c(C)cc1N=Nc1c(S(=O)(=O)[O-])cc2cc(Nc3ccccc3)ccc2c1O.OCCN(CCO)CCO.[Na+]. The molecule has 17 nitrogen and oxygen atoms in total. The molecule has 0 bridgehead atoms. The van der Waals surface area contributed by atoms with Crippen LogP contribution in [-0.2, 0) is 20.2 Å². The van der Waals surface area contributed by atoms with E-state index in [2.05, 4.69) is 25.8 Å². The molecular formula is C38H43N6NaO11S2. The van der Waals surface area contributed by atoms with Crippen LogP contribution in [0.2, 0.25) is 0 Å². The number of aromatic hydroxyl groups is 1. The minimum Gasteiger partial charge on any atom is -0.744 e. The van der Waals surface area contributed by atoms with Gasteiger partial charge in [0.15, 0.2) is 5.75 Å². The number of aliphatic hydroxyl groups excluding tert-OH is 3. The van der Waals surface area contributed by atoms with Gasteiger partial charge >= 0.3 is 29.6 Å². The zero-order valence-corrected chi connectivity index (χ0v) is 36.1. The van der Waals surface area contributed by atoms with Gasteiger partial charge in [-0.1, -0.05) is 24.3 Å². The quantitative estimate of drug-likeness (QED) is 0.0501. The Morgan fingerprint density at radius 2 is 1.31 bits per heavy atom. The number of hydrogen-bond donors (Lipinski definition) is 6. The second-order valence-electron chi connectivity index (χ2n) is 12.6. The molecule has 0 aliphatic rings.